The summed E-state index contributed by atoms with van der Waals surface area (Å²) in [7, 11) is -3.79. The maximum absolute atomic E-state index is 12.3. The van der Waals surface area contributed by atoms with E-state index in [-0.39, 0.29) is 23.5 Å². The van der Waals surface area contributed by atoms with E-state index in [9.17, 15) is 21.6 Å². The van der Waals surface area contributed by atoms with E-state index in [0.29, 0.717) is 12.8 Å². The minimum atomic E-state index is -4.25. The van der Waals surface area contributed by atoms with Gasteiger partial charge in [-0.1, -0.05) is 6.07 Å². The zero-order chi connectivity index (χ0) is 17.1. The highest BCUT2D eigenvalue weighted by atomic mass is 32.2. The first kappa shape index (κ1) is 17.7. The summed E-state index contributed by atoms with van der Waals surface area (Å²) in [5.41, 5.74) is 0.230. The molecule has 126 valence electrons. The standard InChI is InChI=1S/C14H16F3N3O2S/c15-14(16,17)10-20-6-4-12(5-7-20)19-23(21,22)13-3-1-2-11(8-13)9-18/h1-3,8,12,19H,4-7,10H2. The van der Waals surface area contributed by atoms with Gasteiger partial charge in [0.2, 0.25) is 10.0 Å². The Morgan fingerprint density at radius 2 is 1.96 bits per heavy atom. The van der Waals surface area contributed by atoms with Crippen LogP contribution in [-0.4, -0.2) is 45.2 Å². The molecule has 5 nitrogen and oxygen atoms in total. The number of alkyl halides is 3. The first-order chi connectivity index (χ1) is 10.7. The van der Waals surface area contributed by atoms with Crippen LogP contribution < -0.4 is 4.72 Å². The van der Waals surface area contributed by atoms with Crippen LogP contribution in [0.15, 0.2) is 29.2 Å². The molecule has 2 rings (SSSR count). The summed E-state index contributed by atoms with van der Waals surface area (Å²) < 4.78 is 64.0. The molecule has 0 unspecified atom stereocenters. The van der Waals surface area contributed by atoms with Gasteiger partial charge in [0.1, 0.15) is 0 Å². The number of hydrogen-bond acceptors (Lipinski definition) is 4. The van der Waals surface area contributed by atoms with Crippen molar-refractivity contribution >= 4 is 10.0 Å². The van der Waals surface area contributed by atoms with Crippen molar-refractivity contribution in [3.05, 3.63) is 29.8 Å². The van der Waals surface area contributed by atoms with Crippen molar-refractivity contribution in [1.29, 1.82) is 5.26 Å². The van der Waals surface area contributed by atoms with E-state index < -0.39 is 28.8 Å². The fourth-order valence-corrected chi connectivity index (χ4v) is 3.83. The van der Waals surface area contributed by atoms with Gasteiger partial charge in [0.05, 0.1) is 23.1 Å². The smallest absolute Gasteiger partial charge is 0.295 e. The number of nitrogens with one attached hydrogen (secondary N) is 1. The highest BCUT2D eigenvalue weighted by molar-refractivity contribution is 7.89. The van der Waals surface area contributed by atoms with E-state index in [1.165, 1.54) is 29.2 Å². The van der Waals surface area contributed by atoms with E-state index in [0.717, 1.165) is 0 Å². The molecule has 1 saturated heterocycles. The number of halogens is 3. The molecular formula is C14H16F3N3O2S. The summed E-state index contributed by atoms with van der Waals surface area (Å²) in [6, 6.07) is 7.07. The fourth-order valence-electron chi connectivity index (χ4n) is 2.48. The van der Waals surface area contributed by atoms with Crippen molar-refractivity contribution in [1.82, 2.24) is 9.62 Å². The quantitative estimate of drug-likeness (QED) is 0.902. The number of piperidine rings is 1. The van der Waals surface area contributed by atoms with Crippen molar-refractivity contribution < 1.29 is 21.6 Å². The zero-order valence-corrected chi connectivity index (χ0v) is 13.0. The van der Waals surface area contributed by atoms with Gasteiger partial charge in [-0.3, -0.25) is 4.90 Å². The minimum absolute atomic E-state index is 0.0192. The predicted octanol–water partition coefficient (Wildman–Crippen LogP) is 1.86. The first-order valence-electron chi connectivity index (χ1n) is 7.01. The molecule has 1 aliphatic heterocycles. The van der Waals surface area contributed by atoms with Gasteiger partial charge in [-0.2, -0.15) is 18.4 Å². The monoisotopic (exact) mass is 347 g/mol. The van der Waals surface area contributed by atoms with Gasteiger partial charge >= 0.3 is 6.18 Å². The van der Waals surface area contributed by atoms with Crippen molar-refractivity contribution in [3.8, 4) is 6.07 Å². The van der Waals surface area contributed by atoms with Gasteiger partial charge in [0.15, 0.2) is 0 Å². The number of hydrogen-bond donors (Lipinski definition) is 1. The SMILES string of the molecule is N#Cc1cccc(S(=O)(=O)NC2CCN(CC(F)(F)F)CC2)c1. The largest absolute Gasteiger partial charge is 0.401 e. The topological polar surface area (TPSA) is 73.2 Å². The van der Waals surface area contributed by atoms with Crippen LogP contribution in [0.5, 0.6) is 0 Å². The molecule has 1 fully saturated rings. The lowest BCUT2D eigenvalue weighted by atomic mass is 10.1. The molecule has 0 amide bonds. The average molecular weight is 347 g/mol. The highest BCUT2D eigenvalue weighted by Gasteiger charge is 2.33. The van der Waals surface area contributed by atoms with Crippen LogP contribution in [0.1, 0.15) is 18.4 Å². The van der Waals surface area contributed by atoms with Crippen molar-refractivity contribution in [2.45, 2.75) is 30.0 Å². The Kier molecular flexibility index (Phi) is 5.29. The van der Waals surface area contributed by atoms with Crippen molar-refractivity contribution in [2.24, 2.45) is 0 Å². The maximum Gasteiger partial charge on any atom is 0.401 e. The molecule has 0 atom stereocenters. The van der Waals surface area contributed by atoms with E-state index in [1.807, 2.05) is 6.07 Å². The summed E-state index contributed by atoms with van der Waals surface area (Å²) in [6.07, 6.45) is -3.62. The van der Waals surface area contributed by atoms with Crippen LogP contribution in [0.3, 0.4) is 0 Å². The predicted molar refractivity (Wildman–Crippen MR) is 77.0 cm³/mol. The van der Waals surface area contributed by atoms with Gasteiger partial charge in [0, 0.05) is 6.04 Å². The summed E-state index contributed by atoms with van der Waals surface area (Å²) in [5.74, 6) is 0. The summed E-state index contributed by atoms with van der Waals surface area (Å²) in [5, 5.41) is 8.81. The van der Waals surface area contributed by atoms with Gasteiger partial charge in [-0.15, -0.1) is 0 Å². The molecule has 1 heterocycles. The van der Waals surface area contributed by atoms with Gasteiger partial charge in [0.25, 0.3) is 0 Å². The highest BCUT2D eigenvalue weighted by Crippen LogP contribution is 2.21. The van der Waals surface area contributed by atoms with Crippen molar-refractivity contribution in [3.63, 3.8) is 0 Å². The van der Waals surface area contributed by atoms with Gasteiger partial charge in [-0.25, -0.2) is 13.1 Å². The van der Waals surface area contributed by atoms with E-state index in [4.69, 9.17) is 5.26 Å². The third-order valence-corrected chi connectivity index (χ3v) is 5.10. The Balaban J connectivity index is 1.96. The van der Waals surface area contributed by atoms with E-state index in [2.05, 4.69) is 4.72 Å². The van der Waals surface area contributed by atoms with E-state index in [1.54, 1.807) is 0 Å². The van der Waals surface area contributed by atoms with Crippen molar-refractivity contribution in [2.75, 3.05) is 19.6 Å². The Labute approximate surface area is 132 Å². The summed E-state index contributed by atoms with van der Waals surface area (Å²) >= 11 is 0. The summed E-state index contributed by atoms with van der Waals surface area (Å²) in [4.78, 5) is 1.25. The second kappa shape index (κ2) is 6.86. The number of nitrogens with zero attached hydrogens (tertiary/aromatic N) is 2. The lowest BCUT2D eigenvalue weighted by molar-refractivity contribution is -0.148. The van der Waals surface area contributed by atoms with Crippen LogP contribution in [0.2, 0.25) is 0 Å². The zero-order valence-electron chi connectivity index (χ0n) is 12.2. The van der Waals surface area contributed by atoms with Gasteiger partial charge in [-0.05, 0) is 44.1 Å². The number of sulfonamides is 1. The fraction of sp³-hybridized carbons (Fsp3) is 0.500. The molecule has 0 radical (unpaired) electrons. The number of likely N-dealkylation sites (tertiary alicyclic amines) is 1. The molecule has 0 saturated carbocycles. The summed E-state index contributed by atoms with van der Waals surface area (Å²) in [6.45, 7) is -0.605. The molecule has 1 aromatic carbocycles. The molecule has 1 aliphatic rings. The van der Waals surface area contributed by atoms with Crippen LogP contribution >= 0.6 is 0 Å². The number of nitriles is 1. The number of benzene rings is 1. The van der Waals surface area contributed by atoms with Crippen LogP contribution in [0, 0.1) is 11.3 Å². The normalized spacial score (nSPS) is 17.8. The third kappa shape index (κ3) is 5.20. The third-order valence-electron chi connectivity index (χ3n) is 3.59. The molecule has 0 aliphatic carbocycles. The van der Waals surface area contributed by atoms with E-state index >= 15 is 0 Å². The lowest BCUT2D eigenvalue weighted by Crippen LogP contribution is -2.46. The Bertz CT molecular complexity index is 690. The molecule has 9 heteroatoms. The van der Waals surface area contributed by atoms with Crippen LogP contribution in [0.25, 0.3) is 0 Å². The molecule has 0 spiro atoms. The Morgan fingerprint density at radius 1 is 1.30 bits per heavy atom. The van der Waals surface area contributed by atoms with Crippen LogP contribution in [0.4, 0.5) is 13.2 Å². The Morgan fingerprint density at radius 3 is 2.52 bits per heavy atom. The molecule has 0 bridgehead atoms. The lowest BCUT2D eigenvalue weighted by Gasteiger charge is -2.32. The molecule has 1 N–H and O–H groups in total. The molecule has 0 aromatic heterocycles. The maximum atomic E-state index is 12.3. The average Bonchev–Trinajstić information content (AvgIpc) is 2.48. The molecule has 1 aromatic rings. The second-order valence-electron chi connectivity index (χ2n) is 5.43. The molecular weight excluding hydrogens is 331 g/mol. The van der Waals surface area contributed by atoms with Crippen LogP contribution in [-0.2, 0) is 10.0 Å². The minimum Gasteiger partial charge on any atom is -0.295 e. The molecule has 23 heavy (non-hydrogen) atoms. The first-order valence-corrected chi connectivity index (χ1v) is 8.49. The number of rotatable bonds is 4. The second-order valence-corrected chi connectivity index (χ2v) is 7.14. The Hall–Kier alpha value is -1.63. The van der Waals surface area contributed by atoms with Gasteiger partial charge < -0.3 is 0 Å².